The van der Waals surface area contributed by atoms with Gasteiger partial charge in [-0.25, -0.2) is 0 Å². The maximum atomic E-state index is 4.23. The first-order valence-corrected chi connectivity index (χ1v) is 6.58. The fourth-order valence-electron chi connectivity index (χ4n) is 1.59. The van der Waals surface area contributed by atoms with E-state index in [-0.39, 0.29) is 0 Å². The van der Waals surface area contributed by atoms with Crippen LogP contribution in [0.2, 0.25) is 0 Å². The molecular weight excluding hydrogens is 230 g/mol. The van der Waals surface area contributed by atoms with Gasteiger partial charge in [0.25, 0.3) is 0 Å². The van der Waals surface area contributed by atoms with Gasteiger partial charge in [0.05, 0.1) is 0 Å². The van der Waals surface area contributed by atoms with Crippen LogP contribution in [0.3, 0.4) is 0 Å². The van der Waals surface area contributed by atoms with Crippen molar-refractivity contribution in [2.24, 2.45) is 0 Å². The summed E-state index contributed by atoms with van der Waals surface area (Å²) < 4.78 is 2.11. The second kappa shape index (κ2) is 5.68. The molecule has 0 aliphatic rings. The minimum absolute atomic E-state index is 0.842. The van der Waals surface area contributed by atoms with Crippen LogP contribution < -0.4 is 0 Å². The van der Waals surface area contributed by atoms with Crippen LogP contribution >= 0.6 is 11.8 Å². The maximum absolute atomic E-state index is 4.23. The lowest BCUT2D eigenvalue weighted by molar-refractivity contribution is 0.837. The van der Waals surface area contributed by atoms with Crippen LogP contribution in [-0.2, 0) is 6.42 Å². The molecule has 2 aromatic rings. The highest BCUT2D eigenvalue weighted by molar-refractivity contribution is 7.99. The molecule has 0 saturated heterocycles. The topological polar surface area (TPSA) is 30.7 Å². The number of para-hydroxylation sites is 1. The molecule has 0 fully saturated rings. The number of hydrogen-bond acceptors (Lipinski definition) is 3. The largest absolute Gasteiger partial charge is 0.274 e. The molecule has 0 radical (unpaired) electrons. The number of nitrogens with zero attached hydrogens (tertiary/aromatic N) is 3. The Morgan fingerprint density at radius 1 is 1.29 bits per heavy atom. The fraction of sp³-hybridized carbons (Fsp3) is 0.231. The second-order valence-corrected chi connectivity index (χ2v) is 4.51. The molecule has 1 aromatic carbocycles. The summed E-state index contributed by atoms with van der Waals surface area (Å²) in [6, 6.07) is 10.2. The lowest BCUT2D eigenvalue weighted by Crippen LogP contribution is -2.01. The molecule has 0 N–H and O–H groups in total. The van der Waals surface area contributed by atoms with Crippen LogP contribution in [0.25, 0.3) is 5.69 Å². The van der Waals surface area contributed by atoms with E-state index >= 15 is 0 Å². The van der Waals surface area contributed by atoms with Crippen molar-refractivity contribution in [3.05, 3.63) is 48.8 Å². The summed E-state index contributed by atoms with van der Waals surface area (Å²) in [4.78, 5) is 0. The quantitative estimate of drug-likeness (QED) is 0.599. The van der Waals surface area contributed by atoms with Crippen molar-refractivity contribution in [2.75, 3.05) is 5.75 Å². The van der Waals surface area contributed by atoms with Gasteiger partial charge in [0, 0.05) is 17.9 Å². The molecule has 1 aromatic heterocycles. The fourth-order valence-corrected chi connectivity index (χ4v) is 2.30. The Morgan fingerprint density at radius 3 is 2.71 bits per heavy atom. The number of hydrogen-bond donors (Lipinski definition) is 0. The zero-order valence-electron chi connectivity index (χ0n) is 9.84. The van der Waals surface area contributed by atoms with Crippen LogP contribution in [0.5, 0.6) is 0 Å². The van der Waals surface area contributed by atoms with Crippen LogP contribution in [0, 0.1) is 0 Å². The third-order valence-corrected chi connectivity index (χ3v) is 3.29. The van der Waals surface area contributed by atoms with E-state index in [4.69, 9.17) is 0 Å². The van der Waals surface area contributed by atoms with Crippen molar-refractivity contribution < 1.29 is 0 Å². The summed E-state index contributed by atoms with van der Waals surface area (Å²) in [6.45, 7) is 5.82. The molecule has 0 spiro atoms. The lowest BCUT2D eigenvalue weighted by Gasteiger charge is -2.08. The molecule has 0 aliphatic heterocycles. The summed E-state index contributed by atoms with van der Waals surface area (Å²) in [5.74, 6) is 1.83. The van der Waals surface area contributed by atoms with E-state index in [9.17, 15) is 0 Å². The standard InChI is InChI=1S/C13H15N3S/c1-3-10-17-13-15-14-12(4-2)16(13)11-8-6-5-7-9-11/h3,5-9H,1,4,10H2,2H3. The van der Waals surface area contributed by atoms with Crippen LogP contribution in [0.1, 0.15) is 12.7 Å². The SMILES string of the molecule is C=CCSc1nnc(CC)n1-c1ccccc1. The van der Waals surface area contributed by atoms with E-state index in [0.29, 0.717) is 0 Å². The van der Waals surface area contributed by atoms with Gasteiger partial charge in [-0.15, -0.1) is 16.8 Å². The minimum Gasteiger partial charge on any atom is -0.274 e. The van der Waals surface area contributed by atoms with Gasteiger partial charge in [-0.2, -0.15) is 0 Å². The van der Waals surface area contributed by atoms with Gasteiger partial charge < -0.3 is 0 Å². The molecule has 88 valence electrons. The van der Waals surface area contributed by atoms with Gasteiger partial charge >= 0.3 is 0 Å². The second-order valence-electron chi connectivity index (χ2n) is 3.52. The van der Waals surface area contributed by atoms with Crippen molar-refractivity contribution in [2.45, 2.75) is 18.5 Å². The highest BCUT2D eigenvalue weighted by atomic mass is 32.2. The average molecular weight is 245 g/mol. The predicted molar refractivity (Wildman–Crippen MR) is 71.7 cm³/mol. The lowest BCUT2D eigenvalue weighted by atomic mass is 10.3. The predicted octanol–water partition coefficient (Wildman–Crippen LogP) is 3.11. The first kappa shape index (κ1) is 11.9. The van der Waals surface area contributed by atoms with Gasteiger partial charge in [-0.3, -0.25) is 4.57 Å². The van der Waals surface area contributed by atoms with Gasteiger partial charge in [-0.1, -0.05) is 43.0 Å². The van der Waals surface area contributed by atoms with Crippen molar-refractivity contribution >= 4 is 11.8 Å². The Morgan fingerprint density at radius 2 is 2.06 bits per heavy atom. The van der Waals surface area contributed by atoms with Gasteiger partial charge in [0.15, 0.2) is 5.16 Å². The Balaban J connectivity index is 2.42. The summed E-state index contributed by atoms with van der Waals surface area (Å²) in [5, 5.41) is 9.37. The molecule has 0 unspecified atom stereocenters. The molecule has 1 heterocycles. The number of rotatable bonds is 5. The highest BCUT2D eigenvalue weighted by Gasteiger charge is 2.11. The van der Waals surface area contributed by atoms with E-state index in [1.807, 2.05) is 24.3 Å². The van der Waals surface area contributed by atoms with Crippen LogP contribution in [0.15, 0.2) is 48.1 Å². The van der Waals surface area contributed by atoms with Crippen molar-refractivity contribution in [3.63, 3.8) is 0 Å². The Hall–Kier alpha value is -1.55. The summed E-state index contributed by atoms with van der Waals surface area (Å²) >= 11 is 1.65. The van der Waals surface area contributed by atoms with Crippen LogP contribution in [0.4, 0.5) is 0 Å². The number of aromatic nitrogens is 3. The molecule has 0 bridgehead atoms. The Labute approximate surface area is 106 Å². The van der Waals surface area contributed by atoms with E-state index in [2.05, 4.69) is 40.4 Å². The average Bonchev–Trinajstić information content (AvgIpc) is 2.80. The van der Waals surface area contributed by atoms with Gasteiger partial charge in [-0.05, 0) is 12.1 Å². The normalized spacial score (nSPS) is 10.4. The molecule has 0 saturated carbocycles. The zero-order chi connectivity index (χ0) is 12.1. The summed E-state index contributed by atoms with van der Waals surface area (Å²) in [6.07, 6.45) is 2.75. The molecule has 0 atom stereocenters. The summed E-state index contributed by atoms with van der Waals surface area (Å²) in [5.41, 5.74) is 1.11. The van der Waals surface area contributed by atoms with E-state index in [0.717, 1.165) is 28.8 Å². The molecule has 3 nitrogen and oxygen atoms in total. The Bertz CT molecular complexity index is 491. The molecular formula is C13H15N3S. The van der Waals surface area contributed by atoms with E-state index < -0.39 is 0 Å². The third kappa shape index (κ3) is 2.58. The summed E-state index contributed by atoms with van der Waals surface area (Å²) in [7, 11) is 0. The smallest absolute Gasteiger partial charge is 0.196 e. The third-order valence-electron chi connectivity index (χ3n) is 2.36. The van der Waals surface area contributed by atoms with Gasteiger partial charge in [0.1, 0.15) is 5.82 Å². The number of aryl methyl sites for hydroxylation is 1. The minimum atomic E-state index is 0.842. The zero-order valence-corrected chi connectivity index (χ0v) is 10.7. The molecule has 2 rings (SSSR count). The monoisotopic (exact) mass is 245 g/mol. The van der Waals surface area contributed by atoms with Crippen LogP contribution in [-0.4, -0.2) is 20.5 Å². The number of thioether (sulfide) groups is 1. The molecule has 0 amide bonds. The first-order chi connectivity index (χ1) is 8.36. The van der Waals surface area contributed by atoms with E-state index in [1.54, 1.807) is 11.8 Å². The molecule has 4 heteroatoms. The highest BCUT2D eigenvalue weighted by Crippen LogP contribution is 2.22. The van der Waals surface area contributed by atoms with Crippen molar-refractivity contribution in [1.29, 1.82) is 0 Å². The maximum Gasteiger partial charge on any atom is 0.196 e. The molecule has 17 heavy (non-hydrogen) atoms. The molecule has 0 aliphatic carbocycles. The van der Waals surface area contributed by atoms with Crippen molar-refractivity contribution in [1.82, 2.24) is 14.8 Å². The first-order valence-electron chi connectivity index (χ1n) is 5.60. The van der Waals surface area contributed by atoms with Gasteiger partial charge in [0.2, 0.25) is 0 Å². The Kier molecular flexibility index (Phi) is 3.98. The number of benzene rings is 1. The van der Waals surface area contributed by atoms with E-state index in [1.165, 1.54) is 0 Å². The van der Waals surface area contributed by atoms with Crippen molar-refractivity contribution in [3.8, 4) is 5.69 Å².